The summed E-state index contributed by atoms with van der Waals surface area (Å²) in [6, 6.07) is 1.41. The van der Waals surface area contributed by atoms with Crippen LogP contribution in [0.15, 0.2) is 15.7 Å². The fourth-order valence-corrected chi connectivity index (χ4v) is 1.70. The Morgan fingerprint density at radius 3 is 2.43 bits per heavy atom. The lowest BCUT2D eigenvalue weighted by molar-refractivity contribution is 0.768. The molecule has 0 aliphatic rings. The molecule has 0 amide bonds. The molecule has 2 rings (SSSR count). The molecule has 0 bridgehead atoms. The van der Waals surface area contributed by atoms with Crippen LogP contribution in [0.1, 0.15) is 17.0 Å². The van der Waals surface area contributed by atoms with Gasteiger partial charge in [-0.15, -0.1) is 6.42 Å². The maximum atomic E-state index is 11.6. The number of terminal acetylenes is 1. The zero-order valence-electron chi connectivity index (χ0n) is 7.87. The van der Waals surface area contributed by atoms with E-state index in [0.29, 0.717) is 11.4 Å². The lowest BCUT2D eigenvalue weighted by atomic mass is 10.3. The summed E-state index contributed by atoms with van der Waals surface area (Å²) in [5, 5.41) is 0. The van der Waals surface area contributed by atoms with Crippen molar-refractivity contribution in [3.05, 3.63) is 43.7 Å². The van der Waals surface area contributed by atoms with Gasteiger partial charge in [-0.25, -0.2) is 0 Å². The molecule has 0 unspecified atom stereocenters. The standard InChI is InChI=1S/C10H8N2O2/c1-4-8-7(3)11-6(2)5-9(13)12(11)10(8)14/h1,5H,2-3H3. The minimum Gasteiger partial charge on any atom is -0.267 e. The molecule has 14 heavy (non-hydrogen) atoms. The van der Waals surface area contributed by atoms with Crippen molar-refractivity contribution >= 4 is 0 Å². The van der Waals surface area contributed by atoms with Crippen LogP contribution in [0.4, 0.5) is 0 Å². The van der Waals surface area contributed by atoms with Crippen LogP contribution in [0.5, 0.6) is 0 Å². The van der Waals surface area contributed by atoms with E-state index in [-0.39, 0.29) is 11.1 Å². The first kappa shape index (κ1) is 8.57. The zero-order valence-corrected chi connectivity index (χ0v) is 7.87. The maximum Gasteiger partial charge on any atom is 0.290 e. The zero-order chi connectivity index (χ0) is 10.5. The summed E-state index contributed by atoms with van der Waals surface area (Å²) < 4.78 is 2.60. The Kier molecular flexibility index (Phi) is 1.52. The molecular formula is C10H8N2O2. The number of rotatable bonds is 0. The van der Waals surface area contributed by atoms with Crippen LogP contribution in [-0.4, -0.2) is 9.03 Å². The van der Waals surface area contributed by atoms with Gasteiger partial charge in [0, 0.05) is 11.8 Å². The second-order valence-corrected chi connectivity index (χ2v) is 3.16. The summed E-state index contributed by atoms with van der Waals surface area (Å²) >= 11 is 0. The van der Waals surface area contributed by atoms with E-state index in [2.05, 4.69) is 5.92 Å². The van der Waals surface area contributed by atoms with Crippen molar-refractivity contribution in [1.29, 1.82) is 0 Å². The summed E-state index contributed by atoms with van der Waals surface area (Å²) in [6.07, 6.45) is 5.20. The number of aryl methyl sites for hydroxylation is 2. The fourth-order valence-electron chi connectivity index (χ4n) is 1.70. The molecule has 2 aromatic rings. The molecule has 2 heterocycles. The molecule has 0 aliphatic heterocycles. The molecule has 0 saturated carbocycles. The number of aromatic nitrogens is 2. The topological polar surface area (TPSA) is 43.0 Å². The van der Waals surface area contributed by atoms with Gasteiger partial charge in [-0.3, -0.25) is 14.1 Å². The van der Waals surface area contributed by atoms with Gasteiger partial charge in [0.1, 0.15) is 5.56 Å². The number of hydrogen-bond donors (Lipinski definition) is 0. The van der Waals surface area contributed by atoms with Crippen molar-refractivity contribution in [3.63, 3.8) is 0 Å². The van der Waals surface area contributed by atoms with Gasteiger partial charge >= 0.3 is 0 Å². The van der Waals surface area contributed by atoms with Crippen LogP contribution in [0.25, 0.3) is 0 Å². The van der Waals surface area contributed by atoms with Gasteiger partial charge in [0.15, 0.2) is 0 Å². The smallest absolute Gasteiger partial charge is 0.267 e. The average molecular weight is 188 g/mol. The first-order chi connectivity index (χ1) is 6.57. The molecule has 0 fully saturated rings. The second-order valence-electron chi connectivity index (χ2n) is 3.16. The summed E-state index contributed by atoms with van der Waals surface area (Å²) in [6.45, 7) is 3.48. The number of fused-ring (bicyclic) bond motifs is 1. The highest BCUT2D eigenvalue weighted by Crippen LogP contribution is 2.03. The molecule has 0 radical (unpaired) electrons. The van der Waals surface area contributed by atoms with Crippen molar-refractivity contribution in [2.45, 2.75) is 13.8 Å². The average Bonchev–Trinajstić information content (AvgIpc) is 2.53. The van der Waals surface area contributed by atoms with Gasteiger partial charge in [0.05, 0.1) is 5.69 Å². The van der Waals surface area contributed by atoms with Gasteiger partial charge in [0.2, 0.25) is 0 Å². The first-order valence-electron chi connectivity index (χ1n) is 4.12. The summed E-state index contributed by atoms with van der Waals surface area (Å²) in [7, 11) is 0. The van der Waals surface area contributed by atoms with Crippen LogP contribution in [0, 0.1) is 26.2 Å². The third-order valence-electron chi connectivity index (χ3n) is 2.31. The molecule has 0 N–H and O–H groups in total. The predicted octanol–water partition coefficient (Wildman–Crippen LogP) is -0.205. The van der Waals surface area contributed by atoms with Gasteiger partial charge in [-0.2, -0.15) is 4.52 Å². The van der Waals surface area contributed by atoms with Crippen molar-refractivity contribution < 1.29 is 0 Å². The highest BCUT2D eigenvalue weighted by Gasteiger charge is 2.15. The van der Waals surface area contributed by atoms with Crippen molar-refractivity contribution in [1.82, 2.24) is 9.03 Å². The largest absolute Gasteiger partial charge is 0.290 e. The molecule has 2 aromatic heterocycles. The van der Waals surface area contributed by atoms with Crippen molar-refractivity contribution in [3.8, 4) is 12.3 Å². The SMILES string of the molecule is C#Cc1c(C)n2c(C)cc(=O)n2c1=O. The fraction of sp³-hybridized carbons (Fsp3) is 0.200. The number of nitrogens with zero attached hydrogens (tertiary/aromatic N) is 2. The maximum absolute atomic E-state index is 11.6. The monoisotopic (exact) mass is 188 g/mol. The Hall–Kier alpha value is -2.02. The van der Waals surface area contributed by atoms with Crippen molar-refractivity contribution in [2.75, 3.05) is 0 Å². The highest BCUT2D eigenvalue weighted by atomic mass is 16.2. The molecule has 4 heteroatoms. The molecule has 0 spiro atoms. The Morgan fingerprint density at radius 1 is 1.29 bits per heavy atom. The lowest BCUT2D eigenvalue weighted by Crippen LogP contribution is -2.22. The summed E-state index contributed by atoms with van der Waals surface area (Å²) in [5.41, 5.74) is 0.856. The third kappa shape index (κ3) is 0.787. The summed E-state index contributed by atoms with van der Waals surface area (Å²) in [5.74, 6) is 2.30. The summed E-state index contributed by atoms with van der Waals surface area (Å²) in [4.78, 5) is 23.0. The Labute approximate surface area is 79.7 Å². The van der Waals surface area contributed by atoms with E-state index in [1.807, 2.05) is 0 Å². The van der Waals surface area contributed by atoms with Crippen LogP contribution in [0.3, 0.4) is 0 Å². The predicted molar refractivity (Wildman–Crippen MR) is 52.0 cm³/mol. The van der Waals surface area contributed by atoms with Gasteiger partial charge in [-0.1, -0.05) is 5.92 Å². The van der Waals surface area contributed by atoms with E-state index in [1.165, 1.54) is 6.07 Å². The first-order valence-corrected chi connectivity index (χ1v) is 4.12. The van der Waals surface area contributed by atoms with E-state index in [1.54, 1.807) is 18.4 Å². The Bertz CT molecular complexity index is 655. The lowest BCUT2D eigenvalue weighted by Gasteiger charge is -1.92. The van der Waals surface area contributed by atoms with Gasteiger partial charge < -0.3 is 0 Å². The molecule has 70 valence electrons. The van der Waals surface area contributed by atoms with Crippen LogP contribution >= 0.6 is 0 Å². The third-order valence-corrected chi connectivity index (χ3v) is 2.31. The molecule has 0 saturated heterocycles. The normalized spacial score (nSPS) is 10.6. The van der Waals surface area contributed by atoms with Gasteiger partial charge in [0.25, 0.3) is 11.1 Å². The number of hydrogen-bond acceptors (Lipinski definition) is 2. The Balaban J connectivity index is 3.22. The Morgan fingerprint density at radius 2 is 1.93 bits per heavy atom. The second kappa shape index (κ2) is 2.48. The van der Waals surface area contributed by atoms with E-state index in [0.717, 1.165) is 4.52 Å². The molecule has 4 nitrogen and oxygen atoms in total. The highest BCUT2D eigenvalue weighted by molar-refractivity contribution is 5.35. The van der Waals surface area contributed by atoms with Crippen LogP contribution in [0.2, 0.25) is 0 Å². The molecular weight excluding hydrogens is 180 g/mol. The van der Waals surface area contributed by atoms with E-state index in [4.69, 9.17) is 6.42 Å². The molecule has 0 atom stereocenters. The van der Waals surface area contributed by atoms with Crippen LogP contribution in [-0.2, 0) is 0 Å². The van der Waals surface area contributed by atoms with Crippen LogP contribution < -0.4 is 11.1 Å². The van der Waals surface area contributed by atoms with E-state index in [9.17, 15) is 9.59 Å². The minimum absolute atomic E-state index is 0.255. The minimum atomic E-state index is -0.414. The molecule has 0 aliphatic carbocycles. The van der Waals surface area contributed by atoms with E-state index < -0.39 is 5.56 Å². The quantitative estimate of drug-likeness (QED) is 0.537. The van der Waals surface area contributed by atoms with E-state index >= 15 is 0 Å². The van der Waals surface area contributed by atoms with Crippen molar-refractivity contribution in [2.24, 2.45) is 0 Å². The molecule has 0 aromatic carbocycles. The van der Waals surface area contributed by atoms with Gasteiger partial charge in [-0.05, 0) is 13.8 Å².